The van der Waals surface area contributed by atoms with E-state index in [0.29, 0.717) is 23.1 Å². The molecule has 2 rings (SSSR count). The Morgan fingerprint density at radius 1 is 1.22 bits per heavy atom. The molecule has 0 aliphatic rings. The number of nitrogen functional groups attached to an aromatic ring is 1. The lowest BCUT2D eigenvalue weighted by atomic mass is 10.2. The van der Waals surface area contributed by atoms with Gasteiger partial charge >= 0.3 is 0 Å². The second-order valence-corrected chi connectivity index (χ2v) is 4.48. The van der Waals surface area contributed by atoms with Crippen LogP contribution >= 0.6 is 11.6 Å². The molecule has 0 fully saturated rings. The van der Waals surface area contributed by atoms with Gasteiger partial charge in [-0.25, -0.2) is 4.39 Å². The topological polar surface area (TPSA) is 35.2 Å². The highest BCUT2D eigenvalue weighted by atomic mass is 35.5. The number of hydrogen-bond donors (Lipinski definition) is 1. The average Bonchev–Trinajstić information content (AvgIpc) is 2.32. The fraction of sp³-hybridized carbons (Fsp3) is 0.143. The molecule has 2 aromatic rings. The highest BCUT2D eigenvalue weighted by molar-refractivity contribution is 6.30. The van der Waals surface area contributed by atoms with E-state index in [1.807, 2.05) is 0 Å². The summed E-state index contributed by atoms with van der Waals surface area (Å²) in [5.74, 6) is 0.359. The number of nitrogens with two attached hydrogens (primary N) is 1. The van der Waals surface area contributed by atoms with Gasteiger partial charge in [0, 0.05) is 16.3 Å². The molecule has 2 N–H and O–H groups in total. The van der Waals surface area contributed by atoms with Gasteiger partial charge in [0.2, 0.25) is 0 Å². The Labute approximate surface area is 110 Å². The number of rotatable bonds is 3. The molecule has 0 radical (unpaired) electrons. The zero-order valence-electron chi connectivity index (χ0n) is 9.91. The van der Waals surface area contributed by atoms with E-state index in [0.717, 1.165) is 11.1 Å². The summed E-state index contributed by atoms with van der Waals surface area (Å²) < 4.78 is 18.5. The standard InChI is InChI=1S/C14H13ClFNO/c1-9-6-12(16)3-5-14(9)18-8-10-7-11(15)2-4-13(10)17/h2-7H,8,17H2,1H3. The first-order valence-electron chi connectivity index (χ1n) is 5.49. The average molecular weight is 266 g/mol. The van der Waals surface area contributed by atoms with Crippen LogP contribution in [0.4, 0.5) is 10.1 Å². The smallest absolute Gasteiger partial charge is 0.123 e. The van der Waals surface area contributed by atoms with Crippen molar-refractivity contribution in [1.29, 1.82) is 0 Å². The summed E-state index contributed by atoms with van der Waals surface area (Å²) in [5.41, 5.74) is 8.00. The van der Waals surface area contributed by atoms with Crippen LogP contribution in [0, 0.1) is 12.7 Å². The van der Waals surface area contributed by atoms with Crippen LogP contribution in [0.15, 0.2) is 36.4 Å². The van der Waals surface area contributed by atoms with Crippen LogP contribution in [0.5, 0.6) is 5.75 Å². The van der Waals surface area contributed by atoms with Crippen molar-refractivity contribution in [3.05, 3.63) is 58.4 Å². The van der Waals surface area contributed by atoms with Gasteiger partial charge < -0.3 is 10.5 Å². The zero-order chi connectivity index (χ0) is 13.1. The summed E-state index contributed by atoms with van der Waals surface area (Å²) in [6.45, 7) is 2.10. The normalized spacial score (nSPS) is 10.4. The predicted molar refractivity (Wildman–Crippen MR) is 71.3 cm³/mol. The van der Waals surface area contributed by atoms with Gasteiger partial charge in [0.15, 0.2) is 0 Å². The molecule has 18 heavy (non-hydrogen) atoms. The number of hydrogen-bond acceptors (Lipinski definition) is 2. The Morgan fingerprint density at radius 3 is 2.72 bits per heavy atom. The molecule has 0 unspecified atom stereocenters. The second kappa shape index (κ2) is 5.27. The molecule has 0 atom stereocenters. The summed E-state index contributed by atoms with van der Waals surface area (Å²) in [7, 11) is 0. The van der Waals surface area contributed by atoms with Crippen LogP contribution in [0.1, 0.15) is 11.1 Å². The summed E-state index contributed by atoms with van der Waals surface area (Å²) in [6.07, 6.45) is 0. The van der Waals surface area contributed by atoms with Crippen molar-refractivity contribution >= 4 is 17.3 Å². The summed E-state index contributed by atoms with van der Waals surface area (Å²) in [4.78, 5) is 0. The lowest BCUT2D eigenvalue weighted by Crippen LogP contribution is -2.01. The number of benzene rings is 2. The molecule has 4 heteroatoms. The maximum Gasteiger partial charge on any atom is 0.123 e. The van der Waals surface area contributed by atoms with E-state index in [1.165, 1.54) is 12.1 Å². The van der Waals surface area contributed by atoms with Crippen molar-refractivity contribution in [2.24, 2.45) is 0 Å². The van der Waals surface area contributed by atoms with E-state index >= 15 is 0 Å². The lowest BCUT2D eigenvalue weighted by molar-refractivity contribution is 0.304. The molecule has 0 heterocycles. The molecule has 0 aliphatic heterocycles. The first kappa shape index (κ1) is 12.7. The van der Waals surface area contributed by atoms with Crippen molar-refractivity contribution in [1.82, 2.24) is 0 Å². The van der Waals surface area contributed by atoms with E-state index in [2.05, 4.69) is 0 Å². The molecule has 2 nitrogen and oxygen atoms in total. The molecule has 0 aliphatic carbocycles. The Bertz CT molecular complexity index is 572. The SMILES string of the molecule is Cc1cc(F)ccc1OCc1cc(Cl)ccc1N. The first-order chi connectivity index (χ1) is 8.56. The van der Waals surface area contributed by atoms with E-state index < -0.39 is 0 Å². The summed E-state index contributed by atoms with van der Waals surface area (Å²) in [6, 6.07) is 9.61. The molecule has 0 aromatic heterocycles. The summed E-state index contributed by atoms with van der Waals surface area (Å²) in [5, 5.41) is 0.610. The van der Waals surface area contributed by atoms with Crippen molar-refractivity contribution < 1.29 is 9.13 Å². The lowest BCUT2D eigenvalue weighted by Gasteiger charge is -2.11. The van der Waals surface area contributed by atoms with Gasteiger partial charge in [-0.05, 0) is 48.9 Å². The third-order valence-corrected chi connectivity index (χ3v) is 2.86. The second-order valence-electron chi connectivity index (χ2n) is 4.04. The largest absolute Gasteiger partial charge is 0.489 e. The molecular weight excluding hydrogens is 253 g/mol. The van der Waals surface area contributed by atoms with Gasteiger partial charge in [0.1, 0.15) is 18.2 Å². The van der Waals surface area contributed by atoms with Crippen LogP contribution < -0.4 is 10.5 Å². The molecular formula is C14H13ClFNO. The van der Waals surface area contributed by atoms with Crippen LogP contribution in [-0.4, -0.2) is 0 Å². The maximum absolute atomic E-state index is 12.9. The Hall–Kier alpha value is -1.74. The maximum atomic E-state index is 12.9. The van der Waals surface area contributed by atoms with Crippen molar-refractivity contribution in [3.8, 4) is 5.75 Å². The van der Waals surface area contributed by atoms with E-state index in [9.17, 15) is 4.39 Å². The number of halogens is 2. The van der Waals surface area contributed by atoms with Gasteiger partial charge in [-0.15, -0.1) is 0 Å². The van der Waals surface area contributed by atoms with Crippen LogP contribution in [0.3, 0.4) is 0 Å². The van der Waals surface area contributed by atoms with Gasteiger partial charge in [-0.3, -0.25) is 0 Å². The first-order valence-corrected chi connectivity index (χ1v) is 5.87. The zero-order valence-corrected chi connectivity index (χ0v) is 10.7. The predicted octanol–water partition coefficient (Wildman–Crippen LogP) is 3.95. The third-order valence-electron chi connectivity index (χ3n) is 2.63. The van der Waals surface area contributed by atoms with Crippen LogP contribution in [-0.2, 0) is 6.61 Å². The van der Waals surface area contributed by atoms with Crippen LogP contribution in [0.2, 0.25) is 5.02 Å². The monoisotopic (exact) mass is 265 g/mol. The highest BCUT2D eigenvalue weighted by Gasteiger charge is 2.04. The molecule has 0 saturated heterocycles. The quantitative estimate of drug-likeness (QED) is 0.853. The van der Waals surface area contributed by atoms with E-state index in [1.54, 1.807) is 31.2 Å². The molecule has 94 valence electrons. The Kier molecular flexibility index (Phi) is 3.72. The molecule has 0 amide bonds. The number of ether oxygens (including phenoxy) is 1. The van der Waals surface area contributed by atoms with E-state index in [-0.39, 0.29) is 5.82 Å². The van der Waals surface area contributed by atoms with Gasteiger partial charge in [-0.2, -0.15) is 0 Å². The highest BCUT2D eigenvalue weighted by Crippen LogP contribution is 2.23. The minimum Gasteiger partial charge on any atom is -0.489 e. The Morgan fingerprint density at radius 2 is 2.00 bits per heavy atom. The third kappa shape index (κ3) is 2.93. The van der Waals surface area contributed by atoms with Gasteiger partial charge in [-0.1, -0.05) is 11.6 Å². The molecule has 2 aromatic carbocycles. The van der Waals surface area contributed by atoms with Crippen molar-refractivity contribution in [3.63, 3.8) is 0 Å². The van der Waals surface area contributed by atoms with Crippen molar-refractivity contribution in [2.75, 3.05) is 5.73 Å². The molecule has 0 saturated carbocycles. The van der Waals surface area contributed by atoms with Crippen LogP contribution in [0.25, 0.3) is 0 Å². The summed E-state index contributed by atoms with van der Waals surface area (Å²) >= 11 is 5.89. The minimum absolute atomic E-state index is 0.276. The fourth-order valence-electron chi connectivity index (χ4n) is 1.63. The molecule has 0 spiro atoms. The Balaban J connectivity index is 2.13. The van der Waals surface area contributed by atoms with Crippen molar-refractivity contribution in [2.45, 2.75) is 13.5 Å². The fourth-order valence-corrected chi connectivity index (χ4v) is 1.82. The van der Waals surface area contributed by atoms with Gasteiger partial charge in [0.05, 0.1) is 0 Å². The van der Waals surface area contributed by atoms with Gasteiger partial charge in [0.25, 0.3) is 0 Å². The number of anilines is 1. The molecule has 0 bridgehead atoms. The minimum atomic E-state index is -0.276. The van der Waals surface area contributed by atoms with E-state index in [4.69, 9.17) is 22.1 Å². The number of aryl methyl sites for hydroxylation is 1.